The van der Waals surface area contributed by atoms with E-state index in [1.165, 1.54) is 19.3 Å². The van der Waals surface area contributed by atoms with Gasteiger partial charge in [0.1, 0.15) is 6.07 Å². The van der Waals surface area contributed by atoms with Gasteiger partial charge in [-0.05, 0) is 44.6 Å². The second-order valence-corrected chi connectivity index (χ2v) is 5.25. The third-order valence-electron chi connectivity index (χ3n) is 3.55. The molecule has 0 spiro atoms. The molecule has 0 amide bonds. The molecule has 1 heterocycles. The van der Waals surface area contributed by atoms with Gasteiger partial charge in [0.2, 0.25) is 0 Å². The molecule has 1 unspecified atom stereocenters. The molecule has 96 valence electrons. The lowest BCUT2D eigenvalue weighted by Crippen LogP contribution is -2.40. The van der Waals surface area contributed by atoms with E-state index in [1.807, 2.05) is 12.1 Å². The minimum Gasteiger partial charge on any atom is -0.382 e. The van der Waals surface area contributed by atoms with Crippen LogP contribution in [0.3, 0.4) is 0 Å². The highest BCUT2D eigenvalue weighted by Crippen LogP contribution is 2.21. The van der Waals surface area contributed by atoms with E-state index in [2.05, 4.69) is 23.3 Å². The van der Waals surface area contributed by atoms with Crippen molar-refractivity contribution < 1.29 is 0 Å². The lowest BCUT2D eigenvalue weighted by atomic mass is 10.0. The van der Waals surface area contributed by atoms with Gasteiger partial charge in [0.05, 0.1) is 11.3 Å². The number of nitrogens with zero attached hydrogens (tertiary/aromatic N) is 2. The number of likely N-dealkylation sites (N-methyl/N-ethyl adjacent to an activating group) is 1. The minimum absolute atomic E-state index is 0.556. The van der Waals surface area contributed by atoms with E-state index in [1.54, 1.807) is 6.07 Å². The quantitative estimate of drug-likeness (QED) is 0.911. The Kier molecular flexibility index (Phi) is 4.46. The number of nitrogens with one attached hydrogen (secondary N) is 1. The van der Waals surface area contributed by atoms with E-state index in [9.17, 15) is 0 Å². The number of hydrogen-bond acceptors (Lipinski definition) is 3. The lowest BCUT2D eigenvalue weighted by Gasteiger charge is -2.32. The molecule has 0 bridgehead atoms. The second-order valence-electron chi connectivity index (χ2n) is 4.81. The number of halogens is 1. The largest absolute Gasteiger partial charge is 0.382 e. The minimum atomic E-state index is 0.556. The highest BCUT2D eigenvalue weighted by Gasteiger charge is 2.18. The van der Waals surface area contributed by atoms with Crippen LogP contribution < -0.4 is 5.32 Å². The molecule has 1 saturated heterocycles. The fourth-order valence-corrected chi connectivity index (χ4v) is 2.57. The Morgan fingerprint density at radius 3 is 3.06 bits per heavy atom. The van der Waals surface area contributed by atoms with Crippen LogP contribution in [-0.2, 0) is 0 Å². The van der Waals surface area contributed by atoms with Crippen molar-refractivity contribution >= 4 is 17.3 Å². The molecule has 0 aromatic heterocycles. The van der Waals surface area contributed by atoms with E-state index >= 15 is 0 Å². The second kappa shape index (κ2) is 6.08. The van der Waals surface area contributed by atoms with Gasteiger partial charge < -0.3 is 10.2 Å². The van der Waals surface area contributed by atoms with Gasteiger partial charge >= 0.3 is 0 Å². The number of benzene rings is 1. The van der Waals surface area contributed by atoms with Gasteiger partial charge in [-0.1, -0.05) is 18.0 Å². The van der Waals surface area contributed by atoms with Gasteiger partial charge in [-0.2, -0.15) is 5.26 Å². The molecule has 0 saturated carbocycles. The molecule has 1 aliphatic rings. The smallest absolute Gasteiger partial charge is 0.101 e. The van der Waals surface area contributed by atoms with E-state index in [-0.39, 0.29) is 0 Å². The van der Waals surface area contributed by atoms with Crippen LogP contribution >= 0.6 is 11.6 Å². The summed E-state index contributed by atoms with van der Waals surface area (Å²) in [5.41, 5.74) is 1.49. The molecule has 1 fully saturated rings. The Balaban J connectivity index is 1.99. The van der Waals surface area contributed by atoms with Crippen LogP contribution in [0.2, 0.25) is 5.02 Å². The molecule has 1 aliphatic heterocycles. The topological polar surface area (TPSA) is 39.1 Å². The van der Waals surface area contributed by atoms with Crippen LogP contribution in [0.15, 0.2) is 18.2 Å². The Hall–Kier alpha value is -1.24. The molecular weight excluding hydrogens is 246 g/mol. The number of piperidine rings is 1. The maximum absolute atomic E-state index is 9.07. The molecule has 1 aromatic rings. The van der Waals surface area contributed by atoms with Crippen molar-refractivity contribution in [1.29, 1.82) is 5.26 Å². The first kappa shape index (κ1) is 13.2. The SMILES string of the molecule is CN1CCCCC1CNc1ccc(Cl)cc1C#N. The van der Waals surface area contributed by atoms with E-state index < -0.39 is 0 Å². The van der Waals surface area contributed by atoms with Crippen molar-refractivity contribution in [3.05, 3.63) is 28.8 Å². The highest BCUT2D eigenvalue weighted by atomic mass is 35.5. The van der Waals surface area contributed by atoms with Crippen molar-refractivity contribution in [2.75, 3.05) is 25.5 Å². The summed E-state index contributed by atoms with van der Waals surface area (Å²) in [4.78, 5) is 2.39. The van der Waals surface area contributed by atoms with Gasteiger partial charge in [0.25, 0.3) is 0 Å². The summed E-state index contributed by atoms with van der Waals surface area (Å²) in [6.45, 7) is 2.05. The molecule has 1 atom stereocenters. The van der Waals surface area contributed by atoms with Crippen LogP contribution in [-0.4, -0.2) is 31.1 Å². The van der Waals surface area contributed by atoms with Crippen LogP contribution in [0.1, 0.15) is 24.8 Å². The van der Waals surface area contributed by atoms with Crippen LogP contribution in [0.4, 0.5) is 5.69 Å². The average Bonchev–Trinajstić information content (AvgIpc) is 2.39. The Morgan fingerprint density at radius 1 is 1.50 bits per heavy atom. The Bertz CT molecular complexity index is 453. The molecule has 2 rings (SSSR count). The summed E-state index contributed by atoms with van der Waals surface area (Å²) in [6.07, 6.45) is 3.80. The molecule has 0 aliphatic carbocycles. The highest BCUT2D eigenvalue weighted by molar-refractivity contribution is 6.30. The third kappa shape index (κ3) is 3.16. The summed E-state index contributed by atoms with van der Waals surface area (Å²) in [7, 11) is 2.17. The zero-order valence-electron chi connectivity index (χ0n) is 10.6. The van der Waals surface area contributed by atoms with Crippen LogP contribution in [0.25, 0.3) is 0 Å². The van der Waals surface area contributed by atoms with Gasteiger partial charge in [0.15, 0.2) is 0 Å². The predicted molar refractivity (Wildman–Crippen MR) is 74.9 cm³/mol. The van der Waals surface area contributed by atoms with Crippen molar-refractivity contribution in [2.24, 2.45) is 0 Å². The van der Waals surface area contributed by atoms with E-state index in [0.717, 1.165) is 18.8 Å². The molecule has 0 radical (unpaired) electrons. The molecule has 1 N–H and O–H groups in total. The van der Waals surface area contributed by atoms with Gasteiger partial charge in [0, 0.05) is 17.6 Å². The van der Waals surface area contributed by atoms with Crippen molar-refractivity contribution in [1.82, 2.24) is 4.90 Å². The summed E-state index contributed by atoms with van der Waals surface area (Å²) in [6, 6.07) is 8.13. The van der Waals surface area contributed by atoms with Crippen LogP contribution in [0.5, 0.6) is 0 Å². The summed E-state index contributed by atoms with van der Waals surface area (Å²) < 4.78 is 0. The standard InChI is InChI=1S/C14H18ClN3/c1-18-7-3-2-4-13(18)10-17-14-6-5-12(15)8-11(14)9-16/h5-6,8,13,17H,2-4,7,10H2,1H3. The molecule has 3 nitrogen and oxygen atoms in total. The summed E-state index contributed by atoms with van der Waals surface area (Å²) in [5.74, 6) is 0. The van der Waals surface area contributed by atoms with Crippen LogP contribution in [0, 0.1) is 11.3 Å². The fraction of sp³-hybridized carbons (Fsp3) is 0.500. The maximum Gasteiger partial charge on any atom is 0.101 e. The summed E-state index contributed by atoms with van der Waals surface area (Å²) in [5, 5.41) is 13.0. The first-order chi connectivity index (χ1) is 8.70. The number of anilines is 1. The van der Waals surface area contributed by atoms with Gasteiger partial charge in [-0.15, -0.1) is 0 Å². The normalized spacial score (nSPS) is 20.4. The zero-order valence-corrected chi connectivity index (χ0v) is 11.4. The van der Waals surface area contributed by atoms with Crippen molar-refractivity contribution in [2.45, 2.75) is 25.3 Å². The van der Waals surface area contributed by atoms with E-state index in [0.29, 0.717) is 16.6 Å². The first-order valence-electron chi connectivity index (χ1n) is 6.34. The lowest BCUT2D eigenvalue weighted by molar-refractivity contribution is 0.194. The summed E-state index contributed by atoms with van der Waals surface area (Å²) >= 11 is 5.88. The maximum atomic E-state index is 9.07. The van der Waals surface area contributed by atoms with Crippen molar-refractivity contribution in [3.8, 4) is 6.07 Å². The van der Waals surface area contributed by atoms with Gasteiger partial charge in [-0.3, -0.25) is 0 Å². The molecule has 1 aromatic carbocycles. The monoisotopic (exact) mass is 263 g/mol. The fourth-order valence-electron chi connectivity index (χ4n) is 2.39. The number of rotatable bonds is 3. The molecular formula is C14H18ClN3. The van der Waals surface area contributed by atoms with E-state index in [4.69, 9.17) is 16.9 Å². The molecule has 4 heteroatoms. The average molecular weight is 264 g/mol. The number of likely N-dealkylation sites (tertiary alicyclic amines) is 1. The molecule has 18 heavy (non-hydrogen) atoms. The number of nitriles is 1. The predicted octanol–water partition coefficient (Wildman–Crippen LogP) is 3.11. The first-order valence-corrected chi connectivity index (χ1v) is 6.72. The number of hydrogen-bond donors (Lipinski definition) is 1. The van der Waals surface area contributed by atoms with Gasteiger partial charge in [-0.25, -0.2) is 0 Å². The zero-order chi connectivity index (χ0) is 13.0. The Labute approximate surface area is 113 Å². The Morgan fingerprint density at radius 2 is 2.33 bits per heavy atom. The third-order valence-corrected chi connectivity index (χ3v) is 3.79. The van der Waals surface area contributed by atoms with Crippen molar-refractivity contribution in [3.63, 3.8) is 0 Å².